The smallest absolute Gasteiger partial charge is 0.224 e. The maximum atomic E-state index is 5.89. The molecule has 2 heterocycles. The number of imidazole rings is 1. The summed E-state index contributed by atoms with van der Waals surface area (Å²) >= 11 is 11.6. The fourth-order valence-electron chi connectivity index (χ4n) is 1.19. The van der Waals surface area contributed by atoms with Gasteiger partial charge < -0.3 is 9.88 Å². The summed E-state index contributed by atoms with van der Waals surface area (Å²) in [5.74, 6) is 0.543. The lowest BCUT2D eigenvalue weighted by atomic mass is 10.5. The minimum absolute atomic E-state index is 0.175. The molecule has 0 aliphatic rings. The van der Waals surface area contributed by atoms with Crippen LogP contribution in [0.1, 0.15) is 0 Å². The van der Waals surface area contributed by atoms with E-state index in [0.29, 0.717) is 17.4 Å². The van der Waals surface area contributed by atoms with Crippen LogP contribution in [0.4, 0.5) is 5.82 Å². The summed E-state index contributed by atoms with van der Waals surface area (Å²) < 4.78 is 1.95. The quantitative estimate of drug-likeness (QED) is 0.853. The largest absolute Gasteiger partial charge is 0.367 e. The van der Waals surface area contributed by atoms with Gasteiger partial charge in [0.1, 0.15) is 10.8 Å². The van der Waals surface area contributed by atoms with Crippen molar-refractivity contribution in [3.05, 3.63) is 35.2 Å². The second-order valence-electron chi connectivity index (χ2n) is 3.06. The van der Waals surface area contributed by atoms with E-state index in [1.807, 2.05) is 10.8 Å². The van der Waals surface area contributed by atoms with Gasteiger partial charge in [0.05, 0.1) is 12.5 Å². The molecule has 2 rings (SSSR count). The molecule has 0 bridgehead atoms. The van der Waals surface area contributed by atoms with Gasteiger partial charge in [-0.2, -0.15) is 4.98 Å². The van der Waals surface area contributed by atoms with E-state index in [-0.39, 0.29) is 5.28 Å². The highest BCUT2D eigenvalue weighted by Gasteiger charge is 2.02. The molecule has 1 N–H and O–H groups in total. The van der Waals surface area contributed by atoms with Crippen LogP contribution in [0.5, 0.6) is 0 Å². The fraction of sp³-hybridized carbons (Fsp3) is 0.222. The van der Waals surface area contributed by atoms with Crippen LogP contribution in [-0.2, 0) is 6.54 Å². The van der Waals surface area contributed by atoms with E-state index in [0.717, 1.165) is 6.54 Å². The molecule has 5 nitrogen and oxygen atoms in total. The van der Waals surface area contributed by atoms with Crippen LogP contribution in [0.25, 0.3) is 0 Å². The molecule has 0 aliphatic heterocycles. The molecule has 0 spiro atoms. The minimum Gasteiger partial charge on any atom is -0.367 e. The molecule has 16 heavy (non-hydrogen) atoms. The first-order valence-electron chi connectivity index (χ1n) is 4.63. The van der Waals surface area contributed by atoms with Gasteiger partial charge in [-0.15, -0.1) is 0 Å². The number of anilines is 1. The summed E-state index contributed by atoms with van der Waals surface area (Å²) in [6, 6.07) is 0. The Morgan fingerprint density at radius 3 is 3.00 bits per heavy atom. The van der Waals surface area contributed by atoms with Crippen molar-refractivity contribution in [2.24, 2.45) is 0 Å². The summed E-state index contributed by atoms with van der Waals surface area (Å²) in [7, 11) is 0. The average molecular weight is 258 g/mol. The maximum Gasteiger partial charge on any atom is 0.224 e. The highest BCUT2D eigenvalue weighted by molar-refractivity contribution is 6.33. The molecule has 0 amide bonds. The lowest BCUT2D eigenvalue weighted by molar-refractivity contribution is 0.725. The van der Waals surface area contributed by atoms with E-state index < -0.39 is 0 Å². The van der Waals surface area contributed by atoms with Crippen molar-refractivity contribution in [2.45, 2.75) is 6.54 Å². The van der Waals surface area contributed by atoms with Crippen LogP contribution in [0.3, 0.4) is 0 Å². The molecule has 0 unspecified atom stereocenters. The number of halogens is 2. The van der Waals surface area contributed by atoms with Gasteiger partial charge in [0, 0.05) is 25.5 Å². The standard InChI is InChI=1S/C9H9Cl2N5/c10-7-5-14-9(11)15-8(7)13-2-4-16-3-1-12-6-16/h1,3,5-6H,2,4H2,(H,13,14,15). The van der Waals surface area contributed by atoms with E-state index in [1.54, 1.807) is 12.5 Å². The van der Waals surface area contributed by atoms with Crippen molar-refractivity contribution in [3.8, 4) is 0 Å². The first kappa shape index (κ1) is 11.2. The minimum atomic E-state index is 0.175. The number of hydrogen-bond donors (Lipinski definition) is 1. The Morgan fingerprint density at radius 1 is 1.38 bits per heavy atom. The highest BCUT2D eigenvalue weighted by Crippen LogP contribution is 2.18. The summed E-state index contributed by atoms with van der Waals surface area (Å²) in [5.41, 5.74) is 0. The average Bonchev–Trinajstić information content (AvgIpc) is 2.76. The van der Waals surface area contributed by atoms with Gasteiger partial charge >= 0.3 is 0 Å². The Hall–Kier alpha value is -1.33. The van der Waals surface area contributed by atoms with E-state index in [1.165, 1.54) is 6.20 Å². The summed E-state index contributed by atoms with van der Waals surface area (Å²) in [6.07, 6.45) is 6.83. The SMILES string of the molecule is Clc1ncc(Cl)c(NCCn2ccnc2)n1. The summed E-state index contributed by atoms with van der Waals surface area (Å²) in [5, 5.41) is 3.71. The van der Waals surface area contributed by atoms with Crippen LogP contribution in [0.2, 0.25) is 10.3 Å². The first-order chi connectivity index (χ1) is 7.75. The third-order valence-electron chi connectivity index (χ3n) is 1.94. The van der Waals surface area contributed by atoms with Crippen LogP contribution >= 0.6 is 23.2 Å². The Labute approximate surface area is 102 Å². The number of nitrogens with zero attached hydrogens (tertiary/aromatic N) is 4. The topological polar surface area (TPSA) is 55.6 Å². The molecule has 0 saturated carbocycles. The number of rotatable bonds is 4. The summed E-state index contributed by atoms with van der Waals surface area (Å²) in [6.45, 7) is 1.46. The van der Waals surface area contributed by atoms with E-state index in [9.17, 15) is 0 Å². The predicted molar refractivity (Wildman–Crippen MR) is 62.8 cm³/mol. The maximum absolute atomic E-state index is 5.89. The third-order valence-corrected chi connectivity index (χ3v) is 2.40. The van der Waals surface area contributed by atoms with E-state index in [2.05, 4.69) is 20.3 Å². The molecule has 0 aliphatic carbocycles. The lowest BCUT2D eigenvalue weighted by Gasteiger charge is -2.07. The number of aromatic nitrogens is 4. The molecule has 0 fully saturated rings. The monoisotopic (exact) mass is 257 g/mol. The molecule has 84 valence electrons. The zero-order valence-electron chi connectivity index (χ0n) is 8.27. The zero-order chi connectivity index (χ0) is 11.4. The first-order valence-corrected chi connectivity index (χ1v) is 5.39. The Kier molecular flexibility index (Phi) is 3.58. The molecular weight excluding hydrogens is 249 g/mol. The highest BCUT2D eigenvalue weighted by atomic mass is 35.5. The van der Waals surface area contributed by atoms with Gasteiger partial charge in [0.25, 0.3) is 0 Å². The molecule has 0 saturated heterocycles. The fourth-order valence-corrected chi connectivity index (χ4v) is 1.48. The summed E-state index contributed by atoms with van der Waals surface area (Å²) in [4.78, 5) is 11.7. The molecule has 2 aromatic heterocycles. The van der Waals surface area contributed by atoms with E-state index in [4.69, 9.17) is 23.2 Å². The molecule has 7 heteroatoms. The number of nitrogens with one attached hydrogen (secondary N) is 1. The van der Waals surface area contributed by atoms with Crippen molar-refractivity contribution in [2.75, 3.05) is 11.9 Å². The molecule has 2 aromatic rings. The van der Waals surface area contributed by atoms with Crippen LogP contribution < -0.4 is 5.32 Å². The van der Waals surface area contributed by atoms with Crippen LogP contribution in [-0.4, -0.2) is 26.1 Å². The van der Waals surface area contributed by atoms with Gasteiger partial charge in [0.15, 0.2) is 0 Å². The Balaban J connectivity index is 1.92. The third kappa shape index (κ3) is 2.84. The zero-order valence-corrected chi connectivity index (χ0v) is 9.78. The molecule has 0 atom stereocenters. The second kappa shape index (κ2) is 5.14. The Bertz CT molecular complexity index is 457. The van der Waals surface area contributed by atoms with Crippen molar-refractivity contribution >= 4 is 29.0 Å². The van der Waals surface area contributed by atoms with Crippen LogP contribution in [0, 0.1) is 0 Å². The van der Waals surface area contributed by atoms with Crippen molar-refractivity contribution in [1.82, 2.24) is 19.5 Å². The molecule has 0 radical (unpaired) electrons. The molecule has 0 aromatic carbocycles. The number of hydrogen-bond acceptors (Lipinski definition) is 4. The Morgan fingerprint density at radius 2 is 2.25 bits per heavy atom. The van der Waals surface area contributed by atoms with Gasteiger partial charge in [-0.25, -0.2) is 9.97 Å². The second-order valence-corrected chi connectivity index (χ2v) is 3.81. The normalized spacial score (nSPS) is 10.4. The van der Waals surface area contributed by atoms with Gasteiger partial charge in [-0.3, -0.25) is 0 Å². The van der Waals surface area contributed by atoms with Gasteiger partial charge in [0.2, 0.25) is 5.28 Å². The van der Waals surface area contributed by atoms with Gasteiger partial charge in [-0.05, 0) is 11.6 Å². The van der Waals surface area contributed by atoms with Crippen molar-refractivity contribution in [3.63, 3.8) is 0 Å². The van der Waals surface area contributed by atoms with Crippen molar-refractivity contribution in [1.29, 1.82) is 0 Å². The molecular formula is C9H9Cl2N5. The van der Waals surface area contributed by atoms with Crippen LogP contribution in [0.15, 0.2) is 24.9 Å². The predicted octanol–water partition coefficient (Wildman–Crippen LogP) is 2.09. The van der Waals surface area contributed by atoms with Crippen molar-refractivity contribution < 1.29 is 0 Å². The van der Waals surface area contributed by atoms with E-state index >= 15 is 0 Å². The van der Waals surface area contributed by atoms with Gasteiger partial charge in [-0.1, -0.05) is 11.6 Å². The lowest BCUT2D eigenvalue weighted by Crippen LogP contribution is -2.10.